The monoisotopic (exact) mass is 448 g/mol. The lowest BCUT2D eigenvalue weighted by molar-refractivity contribution is -0.146. The van der Waals surface area contributed by atoms with Crippen molar-refractivity contribution in [2.24, 2.45) is 5.92 Å². The highest BCUT2D eigenvalue weighted by molar-refractivity contribution is 5.88. The number of carbonyl (C=O) groups is 3. The van der Waals surface area contributed by atoms with Crippen LogP contribution in [0.2, 0.25) is 0 Å². The Bertz CT molecular complexity index is 1030. The van der Waals surface area contributed by atoms with Gasteiger partial charge in [0, 0.05) is 31.1 Å². The van der Waals surface area contributed by atoms with Gasteiger partial charge in [-0.05, 0) is 42.0 Å². The lowest BCUT2D eigenvalue weighted by Gasteiger charge is -2.35. The summed E-state index contributed by atoms with van der Waals surface area (Å²) in [5, 5.41) is 11.8. The summed E-state index contributed by atoms with van der Waals surface area (Å²) in [7, 11) is 0. The minimum absolute atomic E-state index is 0.00418. The van der Waals surface area contributed by atoms with Gasteiger partial charge in [-0.2, -0.15) is 0 Å². The van der Waals surface area contributed by atoms with Crippen molar-refractivity contribution in [1.29, 1.82) is 0 Å². The van der Waals surface area contributed by atoms with Gasteiger partial charge < -0.3 is 20.1 Å². The fraction of sp³-hybridized carbons (Fsp3) is 0.346. The Kier molecular flexibility index (Phi) is 6.77. The van der Waals surface area contributed by atoms with Crippen LogP contribution in [0.15, 0.2) is 60.7 Å². The molecule has 1 aliphatic carbocycles. The smallest absolute Gasteiger partial charge is 0.407 e. The number of carboxylic acid groups (broad SMARTS) is 1. The first-order valence-corrected chi connectivity index (χ1v) is 11.2. The summed E-state index contributed by atoms with van der Waals surface area (Å²) < 4.78 is 5.48. The maximum absolute atomic E-state index is 12.4. The third-order valence-corrected chi connectivity index (χ3v) is 6.48. The molecule has 0 saturated carbocycles. The minimum Gasteiger partial charge on any atom is -0.481 e. The van der Waals surface area contributed by atoms with Crippen molar-refractivity contribution in [3.63, 3.8) is 0 Å². The Balaban J connectivity index is 1.25. The molecule has 0 aromatic heterocycles. The van der Waals surface area contributed by atoms with Crippen molar-refractivity contribution >= 4 is 18.0 Å². The number of amides is 2. The molecule has 172 valence electrons. The summed E-state index contributed by atoms with van der Waals surface area (Å²) in [4.78, 5) is 37.4. The maximum Gasteiger partial charge on any atom is 0.407 e. The third-order valence-electron chi connectivity index (χ3n) is 6.48. The van der Waals surface area contributed by atoms with Gasteiger partial charge in [-0.15, -0.1) is 0 Å². The van der Waals surface area contributed by atoms with Crippen LogP contribution < -0.4 is 5.32 Å². The summed E-state index contributed by atoms with van der Waals surface area (Å²) >= 11 is 0. The molecule has 4 rings (SSSR count). The van der Waals surface area contributed by atoms with Crippen molar-refractivity contribution in [2.75, 3.05) is 19.7 Å². The largest absolute Gasteiger partial charge is 0.481 e. The van der Waals surface area contributed by atoms with Crippen LogP contribution in [0.1, 0.15) is 36.8 Å². The molecule has 7 nitrogen and oxygen atoms in total. The molecule has 33 heavy (non-hydrogen) atoms. The van der Waals surface area contributed by atoms with Crippen LogP contribution in [0.4, 0.5) is 4.79 Å². The summed E-state index contributed by atoms with van der Waals surface area (Å²) in [6, 6.07) is 16.2. The fourth-order valence-corrected chi connectivity index (χ4v) is 4.77. The number of likely N-dealkylation sites (tertiary alicyclic amines) is 1. The number of carboxylic acids is 1. The van der Waals surface area contributed by atoms with Gasteiger partial charge in [-0.3, -0.25) is 9.59 Å². The van der Waals surface area contributed by atoms with E-state index >= 15 is 0 Å². The number of piperidine rings is 1. The predicted molar refractivity (Wildman–Crippen MR) is 124 cm³/mol. The number of fused-ring (bicyclic) bond motifs is 3. The van der Waals surface area contributed by atoms with Crippen LogP contribution in [0, 0.1) is 5.92 Å². The van der Waals surface area contributed by atoms with E-state index in [2.05, 4.69) is 29.6 Å². The number of rotatable bonds is 6. The second-order valence-corrected chi connectivity index (χ2v) is 8.55. The van der Waals surface area contributed by atoms with Gasteiger partial charge in [0.15, 0.2) is 0 Å². The molecule has 2 aliphatic rings. The molecular weight excluding hydrogens is 420 g/mol. The van der Waals surface area contributed by atoms with Crippen LogP contribution in [0.5, 0.6) is 0 Å². The Morgan fingerprint density at radius 1 is 1.09 bits per heavy atom. The van der Waals surface area contributed by atoms with Crippen molar-refractivity contribution < 1.29 is 24.2 Å². The van der Waals surface area contributed by atoms with Gasteiger partial charge in [-0.1, -0.05) is 54.6 Å². The number of benzene rings is 2. The number of nitrogens with zero attached hydrogens (tertiary/aromatic N) is 1. The van der Waals surface area contributed by atoms with E-state index in [-0.39, 0.29) is 31.0 Å². The molecule has 0 bridgehead atoms. The highest BCUT2D eigenvalue weighted by Crippen LogP contribution is 2.44. The normalized spacial score (nSPS) is 19.7. The van der Waals surface area contributed by atoms with Crippen LogP contribution in [0.3, 0.4) is 0 Å². The molecule has 0 unspecified atom stereocenters. The zero-order valence-electron chi connectivity index (χ0n) is 18.6. The van der Waals surface area contributed by atoms with E-state index in [4.69, 9.17) is 9.84 Å². The molecule has 0 spiro atoms. The number of ether oxygens (including phenoxy) is 1. The van der Waals surface area contributed by atoms with E-state index in [1.807, 2.05) is 31.2 Å². The second-order valence-electron chi connectivity index (χ2n) is 8.55. The standard InChI is InChI=1S/C26H28N2O5/c1-17-15-18(25(30)31)12-14-28(17)24(29)11-6-13-27-26(32)33-16-23-21-9-4-2-7-19(21)20-8-3-5-10-22(20)23/h2-11,17-18,23H,12-16H2,1H3,(H,27,32)(H,30,31)/b11-6+/t17-,18-/m1/s1. The highest BCUT2D eigenvalue weighted by atomic mass is 16.5. The average Bonchev–Trinajstić information content (AvgIpc) is 3.14. The lowest BCUT2D eigenvalue weighted by atomic mass is 9.91. The zero-order valence-corrected chi connectivity index (χ0v) is 18.6. The summed E-state index contributed by atoms with van der Waals surface area (Å²) in [5.41, 5.74) is 4.64. The molecule has 1 fully saturated rings. The molecule has 0 radical (unpaired) electrons. The molecule has 1 saturated heterocycles. The Morgan fingerprint density at radius 3 is 2.33 bits per heavy atom. The number of hydrogen-bond acceptors (Lipinski definition) is 4. The summed E-state index contributed by atoms with van der Waals surface area (Å²) in [6.45, 7) is 2.68. The number of nitrogens with one attached hydrogen (secondary N) is 1. The Hall–Kier alpha value is -3.61. The van der Waals surface area contributed by atoms with E-state index in [1.54, 1.807) is 11.0 Å². The van der Waals surface area contributed by atoms with Crippen LogP contribution in [-0.4, -0.2) is 53.7 Å². The molecule has 2 amide bonds. The van der Waals surface area contributed by atoms with E-state index in [0.29, 0.717) is 19.4 Å². The molecule has 2 atom stereocenters. The fourth-order valence-electron chi connectivity index (χ4n) is 4.77. The van der Waals surface area contributed by atoms with Gasteiger partial charge in [0.2, 0.25) is 5.91 Å². The SMILES string of the molecule is C[C@@H]1C[C@H](C(=O)O)CCN1C(=O)/C=C/CNC(=O)OCC1c2ccccc2-c2ccccc21. The highest BCUT2D eigenvalue weighted by Gasteiger charge is 2.31. The number of carbonyl (C=O) groups excluding carboxylic acids is 2. The van der Waals surface area contributed by atoms with E-state index in [1.165, 1.54) is 17.2 Å². The molecule has 7 heteroatoms. The molecule has 2 aromatic carbocycles. The van der Waals surface area contributed by atoms with Crippen molar-refractivity contribution in [3.05, 3.63) is 71.8 Å². The van der Waals surface area contributed by atoms with Crippen LogP contribution in [-0.2, 0) is 14.3 Å². The quantitative estimate of drug-likeness (QED) is 0.656. The topological polar surface area (TPSA) is 95.9 Å². The van der Waals surface area contributed by atoms with Crippen LogP contribution >= 0.6 is 0 Å². The predicted octanol–water partition coefficient (Wildman–Crippen LogP) is 3.79. The lowest BCUT2D eigenvalue weighted by Crippen LogP contribution is -2.45. The second kappa shape index (κ2) is 9.90. The number of hydrogen-bond donors (Lipinski definition) is 2. The van der Waals surface area contributed by atoms with Gasteiger partial charge in [0.25, 0.3) is 0 Å². The minimum atomic E-state index is -0.809. The first-order chi connectivity index (χ1) is 16.0. The van der Waals surface area contributed by atoms with E-state index < -0.39 is 18.0 Å². The Labute approximate surface area is 193 Å². The first-order valence-electron chi connectivity index (χ1n) is 11.2. The summed E-state index contributed by atoms with van der Waals surface area (Å²) in [5.74, 6) is -1.39. The molecule has 1 aliphatic heterocycles. The number of alkyl carbamates (subject to hydrolysis) is 1. The van der Waals surface area contributed by atoms with Crippen LogP contribution in [0.25, 0.3) is 11.1 Å². The maximum atomic E-state index is 12.4. The first kappa shape index (κ1) is 22.6. The number of aliphatic carboxylic acids is 1. The molecule has 2 aromatic rings. The van der Waals surface area contributed by atoms with Crippen molar-refractivity contribution in [3.8, 4) is 11.1 Å². The zero-order chi connectivity index (χ0) is 23.4. The molecule has 2 N–H and O–H groups in total. The summed E-state index contributed by atoms with van der Waals surface area (Å²) in [6.07, 6.45) is 3.37. The third kappa shape index (κ3) is 4.92. The van der Waals surface area contributed by atoms with Gasteiger partial charge in [0.05, 0.1) is 5.92 Å². The van der Waals surface area contributed by atoms with Gasteiger partial charge in [-0.25, -0.2) is 4.79 Å². The average molecular weight is 449 g/mol. The molecule has 1 heterocycles. The van der Waals surface area contributed by atoms with E-state index in [0.717, 1.165) is 11.1 Å². The van der Waals surface area contributed by atoms with Gasteiger partial charge >= 0.3 is 12.1 Å². The van der Waals surface area contributed by atoms with Crippen molar-refractivity contribution in [2.45, 2.75) is 31.7 Å². The van der Waals surface area contributed by atoms with Gasteiger partial charge in [0.1, 0.15) is 6.61 Å². The molecular formula is C26H28N2O5. The van der Waals surface area contributed by atoms with Crippen molar-refractivity contribution in [1.82, 2.24) is 10.2 Å². The Morgan fingerprint density at radius 2 is 1.73 bits per heavy atom. The van der Waals surface area contributed by atoms with E-state index in [9.17, 15) is 14.4 Å².